The third-order valence-electron chi connectivity index (χ3n) is 5.70. The lowest BCUT2D eigenvalue weighted by Crippen LogP contribution is -2.39. The minimum atomic E-state index is -0.271. The third kappa shape index (κ3) is 4.76. The summed E-state index contributed by atoms with van der Waals surface area (Å²) in [6.45, 7) is 3.85. The number of aromatic nitrogens is 3. The Labute approximate surface area is 181 Å². The molecule has 0 atom stereocenters. The molecule has 1 aromatic carbocycles. The highest BCUT2D eigenvalue weighted by Crippen LogP contribution is 2.35. The number of piperidine rings is 1. The molecule has 162 valence electrons. The molecule has 0 bridgehead atoms. The average molecular weight is 423 g/mol. The molecule has 6 nitrogen and oxygen atoms in total. The molecular formula is C24H27FN4O2. The number of hydrogen-bond acceptors (Lipinski definition) is 4. The normalized spacial score (nSPS) is 14.6. The molecule has 1 aliphatic heterocycles. The molecule has 1 amide bonds. The zero-order chi connectivity index (χ0) is 21.6. The first-order chi connectivity index (χ1) is 15.2. The van der Waals surface area contributed by atoms with E-state index in [1.54, 1.807) is 29.4 Å². The van der Waals surface area contributed by atoms with Crippen LogP contribution in [0.3, 0.4) is 0 Å². The van der Waals surface area contributed by atoms with Gasteiger partial charge >= 0.3 is 6.09 Å². The molecule has 7 heteroatoms. The summed E-state index contributed by atoms with van der Waals surface area (Å²) in [5.74, 6) is -0.271. The van der Waals surface area contributed by atoms with E-state index in [-0.39, 0.29) is 18.0 Å². The SMILES string of the molecule is CCCCOC(=O)N1CCC(n2cnc(-c3ccc(F)cc3)c2-c2ccncc2)CC1. The van der Waals surface area contributed by atoms with Gasteiger partial charge in [0.1, 0.15) is 5.82 Å². The fourth-order valence-corrected chi connectivity index (χ4v) is 3.97. The lowest BCUT2D eigenvalue weighted by Gasteiger charge is -2.32. The number of carbonyl (C=O) groups excluding carboxylic acids is 1. The quantitative estimate of drug-likeness (QED) is 0.504. The Morgan fingerprint density at radius 1 is 1.10 bits per heavy atom. The molecular weight excluding hydrogens is 395 g/mol. The summed E-state index contributed by atoms with van der Waals surface area (Å²) >= 11 is 0. The number of unbranched alkanes of at least 4 members (excludes halogenated alkanes) is 1. The molecule has 1 saturated heterocycles. The van der Waals surface area contributed by atoms with Crippen LogP contribution in [0.25, 0.3) is 22.5 Å². The summed E-state index contributed by atoms with van der Waals surface area (Å²) in [5.41, 5.74) is 3.67. The lowest BCUT2D eigenvalue weighted by atomic mass is 10.0. The molecule has 0 radical (unpaired) electrons. The minimum absolute atomic E-state index is 0.213. The number of nitrogens with zero attached hydrogens (tertiary/aromatic N) is 4. The molecule has 0 aliphatic carbocycles. The first-order valence-corrected chi connectivity index (χ1v) is 10.8. The predicted octanol–water partition coefficient (Wildman–Crippen LogP) is 5.32. The van der Waals surface area contributed by atoms with Crippen molar-refractivity contribution in [2.75, 3.05) is 19.7 Å². The van der Waals surface area contributed by atoms with Gasteiger partial charge in [0.05, 0.1) is 24.3 Å². The van der Waals surface area contributed by atoms with Crippen LogP contribution in [0.2, 0.25) is 0 Å². The van der Waals surface area contributed by atoms with Crippen LogP contribution in [0.1, 0.15) is 38.6 Å². The summed E-state index contributed by atoms with van der Waals surface area (Å²) in [7, 11) is 0. The fraction of sp³-hybridized carbons (Fsp3) is 0.375. The van der Waals surface area contributed by atoms with Crippen LogP contribution in [0.4, 0.5) is 9.18 Å². The second-order valence-corrected chi connectivity index (χ2v) is 7.78. The van der Waals surface area contributed by atoms with E-state index in [1.165, 1.54) is 12.1 Å². The Bertz CT molecular complexity index is 996. The largest absolute Gasteiger partial charge is 0.449 e. The van der Waals surface area contributed by atoms with E-state index in [0.717, 1.165) is 48.2 Å². The highest BCUT2D eigenvalue weighted by atomic mass is 19.1. The number of benzene rings is 1. The number of imidazole rings is 1. The van der Waals surface area contributed by atoms with Crippen molar-refractivity contribution in [3.05, 3.63) is 60.9 Å². The summed E-state index contributed by atoms with van der Waals surface area (Å²) in [4.78, 5) is 22.9. The maximum Gasteiger partial charge on any atom is 0.409 e. The highest BCUT2D eigenvalue weighted by Gasteiger charge is 2.27. The molecule has 0 saturated carbocycles. The average Bonchev–Trinajstić information content (AvgIpc) is 3.25. The monoisotopic (exact) mass is 422 g/mol. The Hall–Kier alpha value is -3.22. The van der Waals surface area contributed by atoms with Gasteiger partial charge in [-0.3, -0.25) is 4.98 Å². The number of ether oxygens (including phenoxy) is 1. The van der Waals surface area contributed by atoms with Crippen LogP contribution in [-0.4, -0.2) is 45.2 Å². The summed E-state index contributed by atoms with van der Waals surface area (Å²) < 4.78 is 21.0. The zero-order valence-corrected chi connectivity index (χ0v) is 17.7. The molecule has 1 fully saturated rings. The van der Waals surface area contributed by atoms with Crippen molar-refractivity contribution in [1.82, 2.24) is 19.4 Å². The standard InChI is InChI=1S/C24H27FN4O2/c1-2-3-16-31-24(30)28-14-10-21(11-15-28)29-17-27-22(18-4-6-20(25)7-5-18)23(29)19-8-12-26-13-9-19/h4-9,12-13,17,21H,2-3,10-11,14-16H2,1H3. The van der Waals surface area contributed by atoms with Crippen molar-refractivity contribution in [2.45, 2.75) is 38.6 Å². The van der Waals surface area contributed by atoms with Crippen LogP contribution in [0.15, 0.2) is 55.1 Å². The summed E-state index contributed by atoms with van der Waals surface area (Å²) in [6.07, 6.45) is 8.68. The van der Waals surface area contributed by atoms with Gasteiger partial charge in [-0.15, -0.1) is 0 Å². The second kappa shape index (κ2) is 9.73. The van der Waals surface area contributed by atoms with Gasteiger partial charge in [-0.1, -0.05) is 13.3 Å². The highest BCUT2D eigenvalue weighted by molar-refractivity contribution is 5.78. The molecule has 0 N–H and O–H groups in total. The van der Waals surface area contributed by atoms with Crippen LogP contribution in [0, 0.1) is 5.82 Å². The van der Waals surface area contributed by atoms with Gasteiger partial charge in [-0.2, -0.15) is 0 Å². The molecule has 1 aliphatic rings. The van der Waals surface area contributed by atoms with Gasteiger partial charge in [0.25, 0.3) is 0 Å². The molecule has 4 rings (SSSR count). The lowest BCUT2D eigenvalue weighted by molar-refractivity contribution is 0.0876. The number of likely N-dealkylation sites (tertiary alicyclic amines) is 1. The molecule has 2 aromatic heterocycles. The number of hydrogen-bond donors (Lipinski definition) is 0. The van der Waals surface area contributed by atoms with E-state index in [9.17, 15) is 9.18 Å². The van der Waals surface area contributed by atoms with Crippen LogP contribution >= 0.6 is 0 Å². The Balaban J connectivity index is 1.57. The third-order valence-corrected chi connectivity index (χ3v) is 5.70. The van der Waals surface area contributed by atoms with Crippen molar-refractivity contribution >= 4 is 6.09 Å². The van der Waals surface area contributed by atoms with E-state index in [1.807, 2.05) is 18.5 Å². The van der Waals surface area contributed by atoms with Crippen molar-refractivity contribution in [3.8, 4) is 22.5 Å². The van der Waals surface area contributed by atoms with E-state index in [2.05, 4.69) is 21.5 Å². The molecule has 0 spiro atoms. The molecule has 0 unspecified atom stereocenters. The van der Waals surface area contributed by atoms with Gasteiger partial charge in [-0.25, -0.2) is 14.2 Å². The van der Waals surface area contributed by atoms with Crippen molar-refractivity contribution in [3.63, 3.8) is 0 Å². The number of amides is 1. The first kappa shape index (κ1) is 21.0. The van der Waals surface area contributed by atoms with Gasteiger partial charge in [0.2, 0.25) is 0 Å². The fourth-order valence-electron chi connectivity index (χ4n) is 3.97. The van der Waals surface area contributed by atoms with E-state index in [0.29, 0.717) is 19.7 Å². The predicted molar refractivity (Wildman–Crippen MR) is 117 cm³/mol. The maximum absolute atomic E-state index is 13.4. The van der Waals surface area contributed by atoms with E-state index < -0.39 is 0 Å². The van der Waals surface area contributed by atoms with Gasteiger partial charge < -0.3 is 14.2 Å². The number of halogens is 1. The van der Waals surface area contributed by atoms with Gasteiger partial charge in [0.15, 0.2) is 0 Å². The summed E-state index contributed by atoms with van der Waals surface area (Å²) in [6, 6.07) is 10.5. The van der Waals surface area contributed by atoms with E-state index >= 15 is 0 Å². The van der Waals surface area contributed by atoms with Crippen molar-refractivity contribution in [2.24, 2.45) is 0 Å². The molecule has 3 aromatic rings. The molecule has 31 heavy (non-hydrogen) atoms. The topological polar surface area (TPSA) is 60.2 Å². The number of rotatable bonds is 6. The Morgan fingerprint density at radius 3 is 2.48 bits per heavy atom. The summed E-state index contributed by atoms with van der Waals surface area (Å²) in [5, 5.41) is 0. The zero-order valence-electron chi connectivity index (χ0n) is 17.7. The van der Waals surface area contributed by atoms with Crippen LogP contribution < -0.4 is 0 Å². The number of pyridine rings is 1. The van der Waals surface area contributed by atoms with E-state index in [4.69, 9.17) is 4.74 Å². The Morgan fingerprint density at radius 2 is 1.81 bits per heavy atom. The second-order valence-electron chi connectivity index (χ2n) is 7.78. The maximum atomic E-state index is 13.4. The first-order valence-electron chi connectivity index (χ1n) is 10.8. The van der Waals surface area contributed by atoms with Crippen LogP contribution in [0.5, 0.6) is 0 Å². The number of carbonyl (C=O) groups is 1. The smallest absolute Gasteiger partial charge is 0.409 e. The Kier molecular flexibility index (Phi) is 6.60. The van der Waals surface area contributed by atoms with Crippen molar-refractivity contribution in [1.29, 1.82) is 0 Å². The molecule has 3 heterocycles. The van der Waals surface area contributed by atoms with Gasteiger partial charge in [-0.05, 0) is 55.7 Å². The van der Waals surface area contributed by atoms with Crippen LogP contribution in [-0.2, 0) is 4.74 Å². The van der Waals surface area contributed by atoms with Crippen molar-refractivity contribution < 1.29 is 13.9 Å². The van der Waals surface area contributed by atoms with Gasteiger partial charge in [0, 0.05) is 42.7 Å². The minimum Gasteiger partial charge on any atom is -0.449 e.